The first-order valence-corrected chi connectivity index (χ1v) is 6.08. The molecule has 1 aliphatic rings. The first-order chi connectivity index (χ1) is 8.25. The van der Waals surface area contributed by atoms with Crippen molar-refractivity contribution >= 4 is 5.69 Å². The molecule has 0 bridgehead atoms. The molecule has 1 aliphatic heterocycles. The van der Waals surface area contributed by atoms with Crippen LogP contribution in [0.2, 0.25) is 0 Å². The summed E-state index contributed by atoms with van der Waals surface area (Å²) < 4.78 is 24.0. The number of rotatable bonds is 4. The minimum absolute atomic E-state index is 0.285. The summed E-state index contributed by atoms with van der Waals surface area (Å²) in [5, 5.41) is 6.04. The molecule has 1 aromatic rings. The number of benzene rings is 1. The van der Waals surface area contributed by atoms with Gasteiger partial charge in [-0.1, -0.05) is 12.1 Å². The van der Waals surface area contributed by atoms with Crippen molar-refractivity contribution in [3.05, 3.63) is 29.8 Å². The molecule has 0 amide bonds. The molecular formula is C13H18F2N2. The Morgan fingerprint density at radius 3 is 2.41 bits per heavy atom. The third-order valence-electron chi connectivity index (χ3n) is 3.18. The lowest BCUT2D eigenvalue weighted by atomic mass is 9.90. The molecule has 1 saturated heterocycles. The van der Waals surface area contributed by atoms with E-state index in [0.29, 0.717) is 5.92 Å². The number of hydrogen-bond acceptors (Lipinski definition) is 2. The molecule has 4 heteroatoms. The van der Waals surface area contributed by atoms with Gasteiger partial charge in [-0.2, -0.15) is 0 Å². The molecule has 2 nitrogen and oxygen atoms in total. The third-order valence-corrected chi connectivity index (χ3v) is 3.18. The number of piperidine rings is 1. The highest BCUT2D eigenvalue weighted by Crippen LogP contribution is 2.26. The van der Waals surface area contributed by atoms with Crippen molar-refractivity contribution in [2.24, 2.45) is 0 Å². The van der Waals surface area contributed by atoms with Gasteiger partial charge in [-0.25, -0.2) is 8.78 Å². The molecule has 94 valence electrons. The summed E-state index contributed by atoms with van der Waals surface area (Å²) in [5.74, 6) is 0.611. The van der Waals surface area contributed by atoms with Crippen molar-refractivity contribution in [2.45, 2.75) is 25.2 Å². The summed E-state index contributed by atoms with van der Waals surface area (Å²) in [6, 6.07) is 7.87. The van der Waals surface area contributed by atoms with Crippen LogP contribution in [0.25, 0.3) is 0 Å². The van der Waals surface area contributed by atoms with Crippen LogP contribution in [0.15, 0.2) is 24.3 Å². The Hall–Kier alpha value is -1.16. The molecule has 1 heterocycles. The second-order valence-electron chi connectivity index (χ2n) is 4.42. The van der Waals surface area contributed by atoms with Gasteiger partial charge in [-0.3, -0.25) is 0 Å². The number of halogens is 2. The highest BCUT2D eigenvalue weighted by molar-refractivity contribution is 5.45. The Labute approximate surface area is 100 Å². The van der Waals surface area contributed by atoms with Gasteiger partial charge in [0.2, 0.25) is 0 Å². The van der Waals surface area contributed by atoms with E-state index < -0.39 is 6.43 Å². The molecule has 2 N–H and O–H groups in total. The fraction of sp³-hybridized carbons (Fsp3) is 0.538. The monoisotopic (exact) mass is 240 g/mol. The van der Waals surface area contributed by atoms with Crippen molar-refractivity contribution in [2.75, 3.05) is 25.0 Å². The van der Waals surface area contributed by atoms with E-state index in [1.165, 1.54) is 5.56 Å². The molecule has 1 aromatic carbocycles. The van der Waals surface area contributed by atoms with Crippen LogP contribution < -0.4 is 10.6 Å². The third kappa shape index (κ3) is 3.66. The molecule has 1 fully saturated rings. The number of nitrogens with one attached hydrogen (secondary N) is 2. The van der Waals surface area contributed by atoms with Gasteiger partial charge in [0.25, 0.3) is 6.43 Å². The Kier molecular flexibility index (Phi) is 4.31. The highest BCUT2D eigenvalue weighted by Gasteiger charge is 2.14. The van der Waals surface area contributed by atoms with E-state index >= 15 is 0 Å². The largest absolute Gasteiger partial charge is 0.379 e. The normalized spacial score (nSPS) is 17.4. The molecule has 0 saturated carbocycles. The van der Waals surface area contributed by atoms with Gasteiger partial charge in [0.05, 0.1) is 6.54 Å². The Balaban J connectivity index is 1.92. The van der Waals surface area contributed by atoms with Gasteiger partial charge in [0.1, 0.15) is 0 Å². The van der Waals surface area contributed by atoms with Crippen LogP contribution in [0, 0.1) is 0 Å². The second-order valence-corrected chi connectivity index (χ2v) is 4.42. The highest BCUT2D eigenvalue weighted by atomic mass is 19.3. The summed E-state index contributed by atoms with van der Waals surface area (Å²) in [4.78, 5) is 0. The predicted molar refractivity (Wildman–Crippen MR) is 65.8 cm³/mol. The molecular weight excluding hydrogens is 222 g/mol. The number of anilines is 1. The number of hydrogen-bond donors (Lipinski definition) is 2. The van der Waals surface area contributed by atoms with Crippen LogP contribution in [0.5, 0.6) is 0 Å². The average molecular weight is 240 g/mol. The molecule has 0 unspecified atom stereocenters. The molecule has 2 rings (SSSR count). The van der Waals surface area contributed by atoms with Gasteiger partial charge in [-0.05, 0) is 49.5 Å². The zero-order chi connectivity index (χ0) is 12.1. The molecule has 17 heavy (non-hydrogen) atoms. The lowest BCUT2D eigenvalue weighted by molar-refractivity contribution is 0.163. The van der Waals surface area contributed by atoms with Crippen LogP contribution in [-0.2, 0) is 0 Å². The van der Waals surface area contributed by atoms with Crippen molar-refractivity contribution in [3.63, 3.8) is 0 Å². The van der Waals surface area contributed by atoms with Gasteiger partial charge in [-0.15, -0.1) is 0 Å². The maximum absolute atomic E-state index is 12.0. The average Bonchev–Trinajstić information content (AvgIpc) is 2.38. The minimum Gasteiger partial charge on any atom is -0.379 e. The van der Waals surface area contributed by atoms with E-state index in [0.717, 1.165) is 31.6 Å². The van der Waals surface area contributed by atoms with Gasteiger partial charge >= 0.3 is 0 Å². The fourth-order valence-electron chi connectivity index (χ4n) is 2.22. The first kappa shape index (κ1) is 12.3. The molecule has 0 radical (unpaired) electrons. The zero-order valence-electron chi connectivity index (χ0n) is 9.76. The Morgan fingerprint density at radius 2 is 1.82 bits per heavy atom. The quantitative estimate of drug-likeness (QED) is 0.845. The van der Waals surface area contributed by atoms with Crippen molar-refractivity contribution in [1.82, 2.24) is 5.32 Å². The van der Waals surface area contributed by atoms with Gasteiger partial charge in [0.15, 0.2) is 0 Å². The van der Waals surface area contributed by atoms with E-state index in [9.17, 15) is 8.78 Å². The first-order valence-electron chi connectivity index (χ1n) is 6.08. The lowest BCUT2D eigenvalue weighted by Gasteiger charge is -2.23. The predicted octanol–water partition coefficient (Wildman–Crippen LogP) is 2.83. The maximum Gasteiger partial charge on any atom is 0.255 e. The van der Waals surface area contributed by atoms with E-state index in [-0.39, 0.29) is 6.54 Å². The van der Waals surface area contributed by atoms with E-state index in [1.54, 1.807) is 0 Å². The van der Waals surface area contributed by atoms with Crippen molar-refractivity contribution in [1.29, 1.82) is 0 Å². The Bertz CT molecular complexity index is 332. The summed E-state index contributed by atoms with van der Waals surface area (Å²) in [6.45, 7) is 1.85. The van der Waals surface area contributed by atoms with Crippen LogP contribution >= 0.6 is 0 Å². The SMILES string of the molecule is FC(F)CNc1ccc(C2CCNCC2)cc1. The topological polar surface area (TPSA) is 24.1 Å². The van der Waals surface area contributed by atoms with E-state index in [4.69, 9.17) is 0 Å². The smallest absolute Gasteiger partial charge is 0.255 e. The van der Waals surface area contributed by atoms with Gasteiger partial charge in [0, 0.05) is 5.69 Å². The standard InChI is InChI=1S/C13H18F2N2/c14-13(15)9-17-12-3-1-10(2-4-12)11-5-7-16-8-6-11/h1-4,11,13,16-17H,5-9H2. The fourth-order valence-corrected chi connectivity index (χ4v) is 2.22. The molecule has 0 aromatic heterocycles. The van der Waals surface area contributed by atoms with Crippen LogP contribution in [0.1, 0.15) is 24.3 Å². The van der Waals surface area contributed by atoms with Crippen LogP contribution in [-0.4, -0.2) is 26.1 Å². The van der Waals surface area contributed by atoms with E-state index in [2.05, 4.69) is 10.6 Å². The number of alkyl halides is 2. The van der Waals surface area contributed by atoms with Crippen LogP contribution in [0.4, 0.5) is 14.5 Å². The van der Waals surface area contributed by atoms with Crippen LogP contribution in [0.3, 0.4) is 0 Å². The molecule has 0 aliphatic carbocycles. The van der Waals surface area contributed by atoms with Crippen molar-refractivity contribution in [3.8, 4) is 0 Å². The van der Waals surface area contributed by atoms with Gasteiger partial charge < -0.3 is 10.6 Å². The maximum atomic E-state index is 12.0. The summed E-state index contributed by atoms with van der Waals surface area (Å²) in [5.41, 5.74) is 2.08. The zero-order valence-corrected chi connectivity index (χ0v) is 9.76. The second kappa shape index (κ2) is 5.96. The van der Waals surface area contributed by atoms with E-state index in [1.807, 2.05) is 24.3 Å². The summed E-state index contributed by atoms with van der Waals surface area (Å²) >= 11 is 0. The van der Waals surface area contributed by atoms with Crippen molar-refractivity contribution < 1.29 is 8.78 Å². The molecule has 0 spiro atoms. The molecule has 0 atom stereocenters. The minimum atomic E-state index is -2.31. The Morgan fingerprint density at radius 1 is 1.18 bits per heavy atom. The lowest BCUT2D eigenvalue weighted by Crippen LogP contribution is -2.26. The summed E-state index contributed by atoms with van der Waals surface area (Å²) in [7, 11) is 0. The summed E-state index contributed by atoms with van der Waals surface area (Å²) in [6.07, 6.45) is 0.00672.